The fourth-order valence-electron chi connectivity index (χ4n) is 2.25. The fraction of sp³-hybridized carbons (Fsp3) is 0.188. The number of hydrogen-bond acceptors (Lipinski definition) is 3. The van der Waals surface area contributed by atoms with Crippen LogP contribution in [0.25, 0.3) is 0 Å². The Kier molecular flexibility index (Phi) is 3.39. The summed E-state index contributed by atoms with van der Waals surface area (Å²) >= 11 is 0. The lowest BCUT2D eigenvalue weighted by Crippen LogP contribution is -2.22. The van der Waals surface area contributed by atoms with Gasteiger partial charge in [0.05, 0.1) is 13.2 Å². The largest absolute Gasteiger partial charge is 0.508 e. The van der Waals surface area contributed by atoms with Gasteiger partial charge in [-0.05, 0) is 29.3 Å². The quantitative estimate of drug-likeness (QED) is 0.899. The first kappa shape index (κ1) is 12.7. The fourth-order valence-corrected chi connectivity index (χ4v) is 2.25. The summed E-state index contributed by atoms with van der Waals surface area (Å²) < 4.78 is 5.33. The molecule has 102 valence electrons. The number of nitrogens with one attached hydrogen (secondary N) is 1. The number of benzene rings is 2. The molecule has 1 aliphatic rings. The molecule has 4 nitrogen and oxygen atoms in total. The molecule has 0 spiro atoms. The van der Waals surface area contributed by atoms with Crippen LogP contribution in [0.1, 0.15) is 27.0 Å². The highest BCUT2D eigenvalue weighted by molar-refractivity contribution is 5.94. The summed E-state index contributed by atoms with van der Waals surface area (Å²) in [7, 11) is 0. The average Bonchev–Trinajstić information content (AvgIpc) is 2.93. The van der Waals surface area contributed by atoms with Crippen molar-refractivity contribution in [1.82, 2.24) is 5.32 Å². The van der Waals surface area contributed by atoms with E-state index in [1.165, 1.54) is 0 Å². The normalized spacial score (nSPS) is 13.0. The van der Waals surface area contributed by atoms with Crippen molar-refractivity contribution in [3.63, 3.8) is 0 Å². The molecule has 0 aliphatic carbocycles. The lowest BCUT2D eigenvalue weighted by Gasteiger charge is -2.08. The molecule has 0 radical (unpaired) electrons. The number of ether oxygens (including phenoxy) is 1. The van der Waals surface area contributed by atoms with Crippen molar-refractivity contribution in [3.8, 4) is 5.75 Å². The van der Waals surface area contributed by atoms with Crippen LogP contribution in [-0.2, 0) is 24.5 Å². The maximum atomic E-state index is 12.1. The molecule has 0 saturated heterocycles. The molecule has 0 saturated carbocycles. The molecule has 0 unspecified atom stereocenters. The van der Waals surface area contributed by atoms with Gasteiger partial charge in [0.15, 0.2) is 0 Å². The summed E-state index contributed by atoms with van der Waals surface area (Å²) in [5.74, 6) is 0.0399. The highest BCUT2D eigenvalue weighted by atomic mass is 16.5. The van der Waals surface area contributed by atoms with Crippen molar-refractivity contribution >= 4 is 5.91 Å². The van der Waals surface area contributed by atoms with Gasteiger partial charge in [0.1, 0.15) is 5.75 Å². The summed E-state index contributed by atoms with van der Waals surface area (Å²) in [5.41, 5.74) is 3.53. The molecule has 1 heterocycles. The third kappa shape index (κ3) is 2.51. The van der Waals surface area contributed by atoms with Gasteiger partial charge in [-0.25, -0.2) is 0 Å². The number of para-hydroxylation sites is 1. The van der Waals surface area contributed by atoms with Gasteiger partial charge in [0.25, 0.3) is 5.91 Å². The third-order valence-corrected chi connectivity index (χ3v) is 3.41. The minimum atomic E-state index is -0.150. The van der Waals surface area contributed by atoms with Crippen molar-refractivity contribution in [3.05, 3.63) is 64.7 Å². The maximum Gasteiger partial charge on any atom is 0.251 e. The Morgan fingerprint density at radius 2 is 1.95 bits per heavy atom. The molecule has 3 rings (SSSR count). The third-order valence-electron chi connectivity index (χ3n) is 3.41. The summed E-state index contributed by atoms with van der Waals surface area (Å²) in [6.07, 6.45) is 0. The summed E-state index contributed by atoms with van der Waals surface area (Å²) in [6, 6.07) is 12.6. The van der Waals surface area contributed by atoms with E-state index in [1.807, 2.05) is 18.2 Å². The highest BCUT2D eigenvalue weighted by Crippen LogP contribution is 2.21. The van der Waals surface area contributed by atoms with E-state index in [0.717, 1.165) is 11.1 Å². The number of carbonyl (C=O) groups is 1. The van der Waals surface area contributed by atoms with Crippen LogP contribution < -0.4 is 5.32 Å². The van der Waals surface area contributed by atoms with Crippen LogP contribution in [-0.4, -0.2) is 11.0 Å². The van der Waals surface area contributed by atoms with Crippen LogP contribution >= 0.6 is 0 Å². The highest BCUT2D eigenvalue weighted by Gasteiger charge is 2.14. The predicted octanol–water partition coefficient (Wildman–Crippen LogP) is 2.35. The van der Waals surface area contributed by atoms with Crippen LogP contribution in [0.4, 0.5) is 0 Å². The molecule has 2 aromatic rings. The van der Waals surface area contributed by atoms with Crippen LogP contribution in [0.5, 0.6) is 5.75 Å². The number of aromatic hydroxyl groups is 1. The molecule has 1 aliphatic heterocycles. The van der Waals surface area contributed by atoms with E-state index in [-0.39, 0.29) is 11.7 Å². The number of hydrogen-bond donors (Lipinski definition) is 2. The lowest BCUT2D eigenvalue weighted by atomic mass is 10.1. The first-order valence-corrected chi connectivity index (χ1v) is 6.48. The first-order chi connectivity index (χ1) is 9.74. The summed E-state index contributed by atoms with van der Waals surface area (Å²) in [5, 5.41) is 12.5. The van der Waals surface area contributed by atoms with Crippen molar-refractivity contribution in [2.24, 2.45) is 0 Å². The van der Waals surface area contributed by atoms with E-state index < -0.39 is 0 Å². The van der Waals surface area contributed by atoms with Crippen LogP contribution in [0, 0.1) is 0 Å². The minimum Gasteiger partial charge on any atom is -0.508 e. The predicted molar refractivity (Wildman–Crippen MR) is 74.2 cm³/mol. The lowest BCUT2D eigenvalue weighted by molar-refractivity contribution is 0.0950. The van der Waals surface area contributed by atoms with E-state index in [9.17, 15) is 9.90 Å². The van der Waals surface area contributed by atoms with Crippen molar-refractivity contribution in [2.45, 2.75) is 19.8 Å². The van der Waals surface area contributed by atoms with Crippen molar-refractivity contribution in [2.75, 3.05) is 0 Å². The number of carbonyl (C=O) groups excluding carboxylic acids is 1. The SMILES string of the molecule is O=C(NCc1ccccc1O)c1ccc2c(c1)COC2. The second-order valence-electron chi connectivity index (χ2n) is 4.79. The van der Waals surface area contributed by atoms with Gasteiger partial charge in [-0.15, -0.1) is 0 Å². The van der Waals surface area contributed by atoms with E-state index >= 15 is 0 Å². The van der Waals surface area contributed by atoms with Gasteiger partial charge in [-0.3, -0.25) is 4.79 Å². The molecular formula is C16H15NO3. The number of amides is 1. The minimum absolute atomic E-state index is 0.150. The number of phenols is 1. The maximum absolute atomic E-state index is 12.1. The Morgan fingerprint density at radius 3 is 2.80 bits per heavy atom. The van der Waals surface area contributed by atoms with Crippen molar-refractivity contribution < 1.29 is 14.6 Å². The summed E-state index contributed by atoms with van der Waals surface area (Å²) in [6.45, 7) is 1.49. The molecule has 2 aromatic carbocycles. The van der Waals surface area contributed by atoms with E-state index in [0.29, 0.717) is 30.9 Å². The molecular weight excluding hydrogens is 254 g/mol. The Bertz CT molecular complexity index is 652. The number of rotatable bonds is 3. The second kappa shape index (κ2) is 5.35. The van der Waals surface area contributed by atoms with Gasteiger partial charge in [-0.1, -0.05) is 24.3 Å². The number of phenolic OH excluding ortho intramolecular Hbond substituents is 1. The van der Waals surface area contributed by atoms with Crippen molar-refractivity contribution in [1.29, 1.82) is 0 Å². The van der Waals surface area contributed by atoms with E-state index in [1.54, 1.807) is 24.3 Å². The van der Waals surface area contributed by atoms with Crippen LogP contribution in [0.2, 0.25) is 0 Å². The van der Waals surface area contributed by atoms with E-state index in [4.69, 9.17) is 4.74 Å². The zero-order chi connectivity index (χ0) is 13.9. The van der Waals surface area contributed by atoms with Gasteiger partial charge in [0.2, 0.25) is 0 Å². The zero-order valence-electron chi connectivity index (χ0n) is 10.9. The monoisotopic (exact) mass is 269 g/mol. The molecule has 0 bridgehead atoms. The molecule has 20 heavy (non-hydrogen) atoms. The van der Waals surface area contributed by atoms with Gasteiger partial charge in [0, 0.05) is 17.7 Å². The molecule has 0 atom stereocenters. The Labute approximate surface area is 117 Å². The molecule has 2 N–H and O–H groups in total. The molecule has 1 amide bonds. The standard InChI is InChI=1S/C16H15NO3/c18-15-4-2-1-3-12(15)8-17-16(19)11-5-6-13-9-20-10-14(13)7-11/h1-7,18H,8-10H2,(H,17,19). The molecule has 4 heteroatoms. The Balaban J connectivity index is 1.69. The van der Waals surface area contributed by atoms with E-state index in [2.05, 4.69) is 5.32 Å². The topological polar surface area (TPSA) is 58.6 Å². The first-order valence-electron chi connectivity index (χ1n) is 6.48. The van der Waals surface area contributed by atoms with Crippen LogP contribution in [0.15, 0.2) is 42.5 Å². The smallest absolute Gasteiger partial charge is 0.251 e. The zero-order valence-corrected chi connectivity index (χ0v) is 10.9. The molecule has 0 aromatic heterocycles. The average molecular weight is 269 g/mol. The summed E-state index contributed by atoms with van der Waals surface area (Å²) in [4.78, 5) is 12.1. The molecule has 0 fully saturated rings. The second-order valence-corrected chi connectivity index (χ2v) is 4.79. The number of fused-ring (bicyclic) bond motifs is 1. The van der Waals surface area contributed by atoms with Gasteiger partial charge >= 0.3 is 0 Å². The van der Waals surface area contributed by atoms with Gasteiger partial charge in [-0.2, -0.15) is 0 Å². The van der Waals surface area contributed by atoms with Crippen LogP contribution in [0.3, 0.4) is 0 Å². The Hall–Kier alpha value is -2.33. The Morgan fingerprint density at radius 1 is 1.15 bits per heavy atom. The van der Waals surface area contributed by atoms with Gasteiger partial charge < -0.3 is 15.2 Å².